The van der Waals surface area contributed by atoms with Crippen LogP contribution >= 0.6 is 15.9 Å². The van der Waals surface area contributed by atoms with Crippen LogP contribution in [0.4, 0.5) is 0 Å². The standard InChI is InChI=1S/C14H20BrN/c1-10-6-7-12(15)9-13(10)14(16)8-11-4-2-3-5-11/h6-7,9,11,14H,2-5,8,16H2,1H3. The molecule has 2 N–H and O–H groups in total. The fourth-order valence-electron chi connectivity index (χ4n) is 2.74. The van der Waals surface area contributed by atoms with Crippen LogP contribution in [0.5, 0.6) is 0 Å². The van der Waals surface area contributed by atoms with E-state index in [1.807, 2.05) is 0 Å². The van der Waals surface area contributed by atoms with Crippen molar-refractivity contribution in [3.63, 3.8) is 0 Å². The Morgan fingerprint density at radius 1 is 1.38 bits per heavy atom. The van der Waals surface area contributed by atoms with Gasteiger partial charge in [-0.1, -0.05) is 47.7 Å². The Morgan fingerprint density at radius 2 is 2.06 bits per heavy atom. The Morgan fingerprint density at radius 3 is 2.75 bits per heavy atom. The van der Waals surface area contributed by atoms with Crippen molar-refractivity contribution in [3.05, 3.63) is 33.8 Å². The summed E-state index contributed by atoms with van der Waals surface area (Å²) in [6, 6.07) is 6.62. The van der Waals surface area contributed by atoms with Gasteiger partial charge in [0.25, 0.3) is 0 Å². The lowest BCUT2D eigenvalue weighted by molar-refractivity contribution is 0.450. The minimum absolute atomic E-state index is 0.209. The summed E-state index contributed by atoms with van der Waals surface area (Å²) in [5.41, 5.74) is 8.94. The number of hydrogen-bond donors (Lipinski definition) is 1. The van der Waals surface area contributed by atoms with Gasteiger partial charge in [0, 0.05) is 10.5 Å². The quantitative estimate of drug-likeness (QED) is 0.877. The van der Waals surface area contributed by atoms with Gasteiger partial charge < -0.3 is 5.73 Å². The molecule has 0 aliphatic heterocycles. The molecule has 0 heterocycles. The van der Waals surface area contributed by atoms with E-state index in [1.54, 1.807) is 0 Å². The molecule has 0 radical (unpaired) electrons. The normalized spacial score (nSPS) is 18.9. The predicted molar refractivity (Wildman–Crippen MR) is 72.4 cm³/mol. The highest BCUT2D eigenvalue weighted by Crippen LogP contribution is 2.33. The first-order chi connectivity index (χ1) is 7.66. The molecule has 1 nitrogen and oxygen atoms in total. The molecule has 2 heteroatoms. The van der Waals surface area contributed by atoms with Gasteiger partial charge in [0.2, 0.25) is 0 Å². The monoisotopic (exact) mass is 281 g/mol. The summed E-state index contributed by atoms with van der Waals surface area (Å²) in [5.74, 6) is 0.855. The number of nitrogens with two attached hydrogens (primary N) is 1. The van der Waals surface area contributed by atoms with Gasteiger partial charge in [0.15, 0.2) is 0 Å². The van der Waals surface area contributed by atoms with E-state index in [0.29, 0.717) is 0 Å². The van der Waals surface area contributed by atoms with Crippen molar-refractivity contribution in [3.8, 4) is 0 Å². The SMILES string of the molecule is Cc1ccc(Br)cc1C(N)CC1CCCC1. The molecule has 1 aromatic carbocycles. The summed E-state index contributed by atoms with van der Waals surface area (Å²) < 4.78 is 1.13. The summed E-state index contributed by atoms with van der Waals surface area (Å²) in [7, 11) is 0. The number of aryl methyl sites for hydroxylation is 1. The minimum Gasteiger partial charge on any atom is -0.324 e. The van der Waals surface area contributed by atoms with E-state index in [1.165, 1.54) is 36.8 Å². The van der Waals surface area contributed by atoms with Gasteiger partial charge in [-0.2, -0.15) is 0 Å². The fraction of sp³-hybridized carbons (Fsp3) is 0.571. The van der Waals surface area contributed by atoms with Crippen molar-refractivity contribution >= 4 is 15.9 Å². The van der Waals surface area contributed by atoms with Gasteiger partial charge in [0.1, 0.15) is 0 Å². The van der Waals surface area contributed by atoms with E-state index in [-0.39, 0.29) is 6.04 Å². The lowest BCUT2D eigenvalue weighted by atomic mass is 9.92. The number of rotatable bonds is 3. The molecule has 0 aromatic heterocycles. The topological polar surface area (TPSA) is 26.0 Å². The zero-order valence-corrected chi connectivity index (χ0v) is 11.5. The van der Waals surface area contributed by atoms with Crippen molar-refractivity contribution in [2.45, 2.75) is 45.1 Å². The maximum atomic E-state index is 6.32. The second-order valence-corrected chi connectivity index (χ2v) is 5.91. The van der Waals surface area contributed by atoms with Crippen molar-refractivity contribution in [1.29, 1.82) is 0 Å². The predicted octanol–water partition coefficient (Wildman–Crippen LogP) is 4.34. The van der Waals surface area contributed by atoms with Gasteiger partial charge in [-0.3, -0.25) is 0 Å². The third-order valence-corrected chi connectivity index (χ3v) is 4.20. The maximum Gasteiger partial charge on any atom is 0.0300 e. The highest BCUT2D eigenvalue weighted by atomic mass is 79.9. The van der Waals surface area contributed by atoms with E-state index >= 15 is 0 Å². The molecule has 88 valence electrons. The van der Waals surface area contributed by atoms with E-state index in [4.69, 9.17) is 5.73 Å². The molecule has 16 heavy (non-hydrogen) atoms. The summed E-state index contributed by atoms with van der Waals surface area (Å²) >= 11 is 3.52. The molecule has 0 spiro atoms. The van der Waals surface area contributed by atoms with Crippen molar-refractivity contribution in [2.24, 2.45) is 11.7 Å². The smallest absolute Gasteiger partial charge is 0.0300 e. The van der Waals surface area contributed by atoms with Gasteiger partial charge in [-0.05, 0) is 42.5 Å². The summed E-state index contributed by atoms with van der Waals surface area (Å²) in [4.78, 5) is 0. The minimum atomic E-state index is 0.209. The molecule has 1 saturated carbocycles. The molecular weight excluding hydrogens is 262 g/mol. The first-order valence-electron chi connectivity index (χ1n) is 6.18. The zero-order valence-electron chi connectivity index (χ0n) is 9.88. The van der Waals surface area contributed by atoms with Crippen molar-refractivity contribution in [1.82, 2.24) is 0 Å². The average molecular weight is 282 g/mol. The Balaban J connectivity index is 2.07. The maximum absolute atomic E-state index is 6.32. The van der Waals surface area contributed by atoms with Crippen LogP contribution in [0, 0.1) is 12.8 Å². The van der Waals surface area contributed by atoms with Gasteiger partial charge >= 0.3 is 0 Å². The Labute approximate surface area is 107 Å². The van der Waals surface area contributed by atoms with E-state index < -0.39 is 0 Å². The molecule has 1 unspecified atom stereocenters. The third kappa shape index (κ3) is 2.86. The molecule has 1 fully saturated rings. The van der Waals surface area contributed by atoms with Crippen LogP contribution in [0.1, 0.15) is 49.3 Å². The third-order valence-electron chi connectivity index (χ3n) is 3.70. The molecule has 0 saturated heterocycles. The van der Waals surface area contributed by atoms with E-state index in [0.717, 1.165) is 16.8 Å². The molecule has 1 aliphatic carbocycles. The summed E-state index contributed by atoms with van der Waals surface area (Å²) in [6.45, 7) is 2.15. The molecular formula is C14H20BrN. The van der Waals surface area contributed by atoms with Crippen LogP contribution in [0.25, 0.3) is 0 Å². The van der Waals surface area contributed by atoms with Crippen LogP contribution in [0.2, 0.25) is 0 Å². The van der Waals surface area contributed by atoms with Crippen LogP contribution < -0.4 is 5.73 Å². The number of halogens is 1. The molecule has 1 aliphatic rings. The first kappa shape index (κ1) is 12.1. The summed E-state index contributed by atoms with van der Waals surface area (Å²) in [5, 5.41) is 0. The van der Waals surface area contributed by atoms with Crippen LogP contribution in [0.15, 0.2) is 22.7 Å². The second kappa shape index (κ2) is 5.33. The lowest BCUT2D eigenvalue weighted by Crippen LogP contribution is -2.15. The van der Waals surface area contributed by atoms with Gasteiger partial charge in [0.05, 0.1) is 0 Å². The van der Waals surface area contributed by atoms with Crippen LogP contribution in [-0.2, 0) is 0 Å². The lowest BCUT2D eigenvalue weighted by Gasteiger charge is -2.18. The Kier molecular flexibility index (Phi) is 4.04. The zero-order chi connectivity index (χ0) is 11.5. The molecule has 0 amide bonds. The van der Waals surface area contributed by atoms with Gasteiger partial charge in [-0.15, -0.1) is 0 Å². The largest absolute Gasteiger partial charge is 0.324 e. The highest BCUT2D eigenvalue weighted by molar-refractivity contribution is 9.10. The summed E-state index contributed by atoms with van der Waals surface area (Å²) in [6.07, 6.45) is 6.70. The fourth-order valence-corrected chi connectivity index (χ4v) is 3.12. The van der Waals surface area contributed by atoms with Gasteiger partial charge in [-0.25, -0.2) is 0 Å². The van der Waals surface area contributed by atoms with Crippen LogP contribution in [0.3, 0.4) is 0 Å². The number of benzene rings is 1. The van der Waals surface area contributed by atoms with Crippen molar-refractivity contribution < 1.29 is 0 Å². The molecule has 1 aromatic rings. The van der Waals surface area contributed by atoms with E-state index in [2.05, 4.69) is 41.1 Å². The highest BCUT2D eigenvalue weighted by Gasteiger charge is 2.19. The average Bonchev–Trinajstić information content (AvgIpc) is 2.74. The Bertz CT molecular complexity index is 356. The van der Waals surface area contributed by atoms with Crippen LogP contribution in [-0.4, -0.2) is 0 Å². The Hall–Kier alpha value is -0.340. The molecule has 2 rings (SSSR count). The van der Waals surface area contributed by atoms with E-state index in [9.17, 15) is 0 Å². The first-order valence-corrected chi connectivity index (χ1v) is 6.98. The second-order valence-electron chi connectivity index (χ2n) is 4.99. The number of hydrogen-bond acceptors (Lipinski definition) is 1. The molecule has 0 bridgehead atoms. The van der Waals surface area contributed by atoms with Crippen molar-refractivity contribution in [2.75, 3.05) is 0 Å². The molecule has 1 atom stereocenters.